The first-order valence-corrected chi connectivity index (χ1v) is 27.9. The monoisotopic (exact) mass is 1250 g/mol. The van der Waals surface area contributed by atoms with Crippen molar-refractivity contribution in [3.8, 4) is 23.0 Å². The first-order valence-electron chi connectivity index (χ1n) is 21.6. The molecule has 24 heteroatoms. The van der Waals surface area contributed by atoms with E-state index in [4.69, 9.17) is 95.6 Å². The van der Waals surface area contributed by atoms with Crippen LogP contribution in [0.25, 0.3) is 43.1 Å². The van der Waals surface area contributed by atoms with Crippen LogP contribution in [-0.4, -0.2) is 56.8 Å². The molecule has 4 nitrogen and oxygen atoms in total. The van der Waals surface area contributed by atoms with Crippen molar-refractivity contribution in [3.05, 3.63) is 169 Å². The first kappa shape index (κ1) is 59.4. The van der Waals surface area contributed by atoms with Crippen LogP contribution in [0, 0.1) is 13.8 Å². The number of hydrogen-bond donors (Lipinski definition) is 0. The van der Waals surface area contributed by atoms with E-state index in [1.165, 1.54) is 72.8 Å². The number of ether oxygens (including phenoxy) is 4. The van der Waals surface area contributed by atoms with Gasteiger partial charge in [0.25, 0.3) is 0 Å². The average Bonchev–Trinajstić information content (AvgIpc) is 3.38. The van der Waals surface area contributed by atoms with Crippen LogP contribution in [-0.2, 0) is 11.2 Å². The molecule has 76 heavy (non-hydrogen) atoms. The fraction of sp³-hybridized carbons (Fsp3) is 0.231. The molecule has 0 radical (unpaired) electrons. The van der Waals surface area contributed by atoms with E-state index in [1.807, 2.05) is 0 Å². The van der Waals surface area contributed by atoms with Gasteiger partial charge in [-0.2, -0.15) is 52.7 Å². The van der Waals surface area contributed by atoms with Gasteiger partial charge in [0, 0.05) is 21.5 Å². The van der Waals surface area contributed by atoms with Crippen molar-refractivity contribution in [2.24, 2.45) is 0 Å². The van der Waals surface area contributed by atoms with Crippen LogP contribution in [0.15, 0.2) is 158 Å². The Bertz CT molecular complexity index is 3170. The van der Waals surface area contributed by atoms with E-state index in [2.05, 4.69) is 0 Å². The van der Waals surface area contributed by atoms with Gasteiger partial charge in [-0.1, -0.05) is 133 Å². The third-order valence-corrected chi connectivity index (χ3v) is 13.7. The molecule has 0 bridgehead atoms. The second-order valence-electron chi connectivity index (χ2n) is 16.7. The van der Waals surface area contributed by atoms with Gasteiger partial charge < -0.3 is 18.9 Å². The van der Waals surface area contributed by atoms with Crippen molar-refractivity contribution in [2.45, 2.75) is 70.6 Å². The zero-order chi connectivity index (χ0) is 56.0. The van der Waals surface area contributed by atoms with Crippen LogP contribution in [0.2, 0.25) is 0 Å². The zero-order valence-corrected chi connectivity index (χ0v) is 44.7. The maximum absolute atomic E-state index is 15.8. The van der Waals surface area contributed by atoms with Crippen LogP contribution < -0.4 is 18.9 Å². The van der Waals surface area contributed by atoms with Crippen LogP contribution in [0.5, 0.6) is 23.0 Å². The fourth-order valence-corrected chi connectivity index (χ4v) is 8.21. The summed E-state index contributed by atoms with van der Waals surface area (Å²) in [5.41, 5.74) is 1.41. The molecule has 2 aliphatic carbocycles. The predicted octanol–water partition coefficient (Wildman–Crippen LogP) is 19.4. The predicted molar refractivity (Wildman–Crippen MR) is 271 cm³/mol. The molecule has 4 atom stereocenters. The minimum atomic E-state index is -5.51. The standard InChI is InChI=1S/C26H18F6O2.C24H14F6O2.C2H2Cl4.3ClH.Fe/c1-15-11-13-21(19-9-5-3-7-17(15)19)33-25(31)23(27,28)24(29,30)26(25,32)34-22-14-12-16(2)18-8-4-6-10-20(18)22;25-21(26)22(27,28)24(30,32-20-14-6-10-16-8-2-4-12-18(16)20)23(21,29)31-19-13-5-9-15-7-1-3-11-17(15)19;3-1(4)2(5)6;;;;/h3-14H,1-2H3;1-14H;1-2H;3*1H;/q;;;;;;+3/p-3. The van der Waals surface area contributed by atoms with Gasteiger partial charge in [0.1, 0.15) is 32.7 Å². The van der Waals surface area contributed by atoms with E-state index in [1.54, 1.807) is 74.5 Å². The van der Waals surface area contributed by atoms with Crippen LogP contribution >= 0.6 is 76.7 Å². The van der Waals surface area contributed by atoms with Crippen molar-refractivity contribution in [1.29, 1.82) is 0 Å². The van der Waals surface area contributed by atoms with E-state index < -0.39 is 90.9 Å². The molecular weight excluding hydrogens is 1220 g/mol. The Kier molecular flexibility index (Phi) is 17.3. The van der Waals surface area contributed by atoms with Crippen molar-refractivity contribution >= 4 is 120 Å². The van der Waals surface area contributed by atoms with E-state index in [-0.39, 0.29) is 21.5 Å². The summed E-state index contributed by atoms with van der Waals surface area (Å²) in [6.45, 7) is 3.43. The summed E-state index contributed by atoms with van der Waals surface area (Å²) in [4.78, 5) is -1.35. The molecule has 0 N–H and O–H groups in total. The summed E-state index contributed by atoms with van der Waals surface area (Å²) >= 11 is 19.1. The summed E-state index contributed by atoms with van der Waals surface area (Å²) < 4.78 is 197. The van der Waals surface area contributed by atoms with Crippen molar-refractivity contribution in [1.82, 2.24) is 0 Å². The number of halogens is 19. The van der Waals surface area contributed by atoms with Crippen molar-refractivity contribution < 1.29 is 82.8 Å². The number of rotatable bonds is 9. The molecular formula is C52H34Cl7F12FeO4. The molecule has 407 valence electrons. The topological polar surface area (TPSA) is 36.9 Å². The zero-order valence-electron chi connectivity index (χ0n) is 38.3. The van der Waals surface area contributed by atoms with Gasteiger partial charge in [0.2, 0.25) is 0 Å². The molecule has 2 fully saturated rings. The maximum atomic E-state index is 15.8. The summed E-state index contributed by atoms with van der Waals surface area (Å²) in [5, 5.41) is 2.55. The normalized spacial score (nSPS) is 23.6. The van der Waals surface area contributed by atoms with Gasteiger partial charge in [0.15, 0.2) is 0 Å². The third kappa shape index (κ3) is 9.97. The van der Waals surface area contributed by atoms with E-state index >= 15 is 17.6 Å². The summed E-state index contributed by atoms with van der Waals surface area (Å²) in [6.07, 6.45) is 0. The Balaban J connectivity index is 0.000000188. The molecule has 0 saturated heterocycles. The van der Waals surface area contributed by atoms with Crippen molar-refractivity contribution in [3.63, 3.8) is 0 Å². The van der Waals surface area contributed by atoms with E-state index in [9.17, 15) is 35.1 Å². The number of aryl methyl sites for hydroxylation is 2. The second kappa shape index (κ2) is 22.1. The quantitative estimate of drug-likeness (QED) is 0.0820. The molecule has 4 unspecified atom stereocenters. The van der Waals surface area contributed by atoms with E-state index in [0.29, 0.717) is 32.7 Å². The Morgan fingerprint density at radius 3 is 0.816 bits per heavy atom. The number of fused-ring (bicyclic) bond motifs is 4. The Morgan fingerprint density at radius 1 is 0.316 bits per heavy atom. The van der Waals surface area contributed by atoms with Crippen molar-refractivity contribution in [2.75, 3.05) is 0 Å². The SMILES string of the molecule is Cc1ccc(OC2(F)C(F)(F)C(F)(F)C2(F)Oc2ccc(C)c3ccccc23)c2ccccc12.ClC(Cl)C(Cl)Cl.FC1(F)C(F)(F)C(F)(Oc2cccc3ccccc23)C1(F)Oc1cccc2ccccc12.[Cl][Fe]([Cl])[Cl]. The second-order valence-corrected chi connectivity index (χ2v) is 24.5. The number of hydrogen-bond acceptors (Lipinski definition) is 4. The fourth-order valence-electron chi connectivity index (χ4n) is 8.21. The van der Waals surface area contributed by atoms with Gasteiger partial charge in [0.05, 0.1) is 0 Å². The summed E-state index contributed by atoms with van der Waals surface area (Å²) in [7, 11) is 14.7. The van der Waals surface area contributed by atoms with Gasteiger partial charge >= 0.3 is 88.6 Å². The molecule has 8 aromatic rings. The van der Waals surface area contributed by atoms with Crippen LogP contribution in [0.3, 0.4) is 0 Å². The number of benzene rings is 8. The Morgan fingerprint density at radius 2 is 0.539 bits per heavy atom. The Hall–Kier alpha value is -4.29. The molecule has 0 heterocycles. The molecule has 8 aromatic carbocycles. The average molecular weight is 1250 g/mol. The van der Waals surface area contributed by atoms with E-state index in [0.717, 1.165) is 24.3 Å². The molecule has 0 spiro atoms. The third-order valence-electron chi connectivity index (χ3n) is 12.1. The molecule has 0 aliphatic heterocycles. The summed E-state index contributed by atoms with van der Waals surface area (Å²) in [5.74, 6) is -43.3. The molecule has 2 aliphatic rings. The molecule has 10 rings (SSSR count). The van der Waals surface area contributed by atoms with Crippen LogP contribution in [0.4, 0.5) is 52.7 Å². The van der Waals surface area contributed by atoms with Gasteiger partial charge in [-0.05, 0) is 70.8 Å². The van der Waals surface area contributed by atoms with Crippen LogP contribution in [0.1, 0.15) is 11.1 Å². The minimum absolute atomic E-state index is 0.144. The Labute approximate surface area is 462 Å². The summed E-state index contributed by atoms with van der Waals surface area (Å²) in [6, 6.07) is 37.9. The molecule has 0 amide bonds. The molecule has 0 aromatic heterocycles. The molecule has 2 saturated carbocycles. The van der Waals surface area contributed by atoms with Gasteiger partial charge in [-0.15, -0.1) is 46.4 Å². The van der Waals surface area contributed by atoms with Gasteiger partial charge in [-0.3, -0.25) is 0 Å². The first-order chi connectivity index (χ1) is 35.4. The number of alkyl halides is 16. The van der Waals surface area contributed by atoms with Gasteiger partial charge in [-0.25, -0.2) is 0 Å².